The maximum atomic E-state index is 13.1. The molecular formula is C45H64O8. The van der Waals surface area contributed by atoms with Crippen LogP contribution in [-0.4, -0.2) is 53.5 Å². The lowest BCUT2D eigenvalue weighted by Gasteiger charge is -2.73. The Morgan fingerprint density at radius 1 is 0.887 bits per heavy atom. The number of aliphatic hydroxyl groups is 1. The SMILES string of the molecule is C=C(C)[C@@H]1CC[C@]2(COC(=O)[C@H](O)CC(=O)OCC)CC[C@]3(C)[C@H](CC[C@@H]4[C@@]5(C)CC[C@H](OC(=O)/C=C/c6ccc(O)cc6)C(C)(C)[C@@H]5CC[C@]43C)[C@@H]12. The van der Waals surface area contributed by atoms with Crippen molar-refractivity contribution in [2.24, 2.45) is 56.7 Å². The molecule has 8 heteroatoms. The number of esters is 3. The molecular weight excluding hydrogens is 668 g/mol. The summed E-state index contributed by atoms with van der Waals surface area (Å²) in [6.07, 6.45) is 11.7. The molecule has 0 aromatic heterocycles. The van der Waals surface area contributed by atoms with E-state index in [1.165, 1.54) is 11.6 Å². The molecule has 0 bridgehead atoms. The lowest BCUT2D eigenvalue weighted by Crippen LogP contribution is -2.67. The Labute approximate surface area is 317 Å². The van der Waals surface area contributed by atoms with Crippen LogP contribution in [0.2, 0.25) is 0 Å². The first-order valence-electron chi connectivity index (χ1n) is 20.3. The number of aliphatic hydroxyl groups excluding tert-OH is 1. The minimum Gasteiger partial charge on any atom is -0.508 e. The Morgan fingerprint density at radius 2 is 1.60 bits per heavy atom. The van der Waals surface area contributed by atoms with Crippen LogP contribution in [-0.2, 0) is 28.6 Å². The van der Waals surface area contributed by atoms with Gasteiger partial charge in [0.05, 0.1) is 19.6 Å². The molecule has 5 aliphatic carbocycles. The number of carbonyl (C=O) groups excluding carboxylic acids is 3. The summed E-state index contributed by atoms with van der Waals surface area (Å²) < 4.78 is 17.1. The minimum atomic E-state index is -1.52. The van der Waals surface area contributed by atoms with Crippen LogP contribution < -0.4 is 0 Å². The standard InChI is InChI=1S/C45H64O8/c1-9-51-38(49)26-33(47)40(50)52-27-45-23-18-31(28(2)3)39(45)32-15-16-35-42(6)21-20-36(53-37(48)17-12-29-10-13-30(46)14-11-29)41(4,5)34(42)19-22-44(35,8)43(32,7)24-25-45/h10-14,17,31-36,39,46-47H,2,9,15-16,18-27H2,1,3-8H3/b17-12+/t31-,32+,33+,34-,35+,36-,39+,42-,43+,44+,45+/m0/s1. The van der Waals surface area contributed by atoms with Gasteiger partial charge in [0, 0.05) is 16.9 Å². The number of phenolic OH excluding ortho intramolecular Hbond substituents is 1. The fourth-order valence-corrected chi connectivity index (χ4v) is 13.4. The summed E-state index contributed by atoms with van der Waals surface area (Å²) in [5, 5.41) is 20.1. The Balaban J connectivity index is 1.19. The fraction of sp³-hybridized carbons (Fsp3) is 0.711. The maximum absolute atomic E-state index is 13.1. The lowest BCUT2D eigenvalue weighted by atomic mass is 9.32. The molecule has 0 aliphatic heterocycles. The number of carbonyl (C=O) groups is 3. The van der Waals surface area contributed by atoms with Crippen molar-refractivity contribution in [1.82, 2.24) is 0 Å². The van der Waals surface area contributed by atoms with Gasteiger partial charge < -0.3 is 24.4 Å². The van der Waals surface area contributed by atoms with Crippen molar-refractivity contribution in [3.63, 3.8) is 0 Å². The number of phenols is 1. The van der Waals surface area contributed by atoms with E-state index in [0.717, 1.165) is 69.8 Å². The van der Waals surface area contributed by atoms with Gasteiger partial charge in [0.25, 0.3) is 0 Å². The molecule has 5 fully saturated rings. The van der Waals surface area contributed by atoms with Crippen molar-refractivity contribution in [2.75, 3.05) is 13.2 Å². The summed E-state index contributed by atoms with van der Waals surface area (Å²) >= 11 is 0. The predicted octanol–water partition coefficient (Wildman–Crippen LogP) is 8.83. The second kappa shape index (κ2) is 14.5. The predicted molar refractivity (Wildman–Crippen MR) is 204 cm³/mol. The Morgan fingerprint density at radius 3 is 2.28 bits per heavy atom. The molecule has 0 radical (unpaired) electrons. The van der Waals surface area contributed by atoms with E-state index in [2.05, 4.69) is 48.1 Å². The van der Waals surface area contributed by atoms with Crippen LogP contribution in [0.15, 0.2) is 42.5 Å². The van der Waals surface area contributed by atoms with E-state index < -0.39 is 24.5 Å². The third kappa shape index (κ3) is 6.78. The summed E-state index contributed by atoms with van der Waals surface area (Å²) in [6.45, 7) is 21.2. The zero-order valence-electron chi connectivity index (χ0n) is 33.2. The average molecular weight is 733 g/mol. The molecule has 0 unspecified atom stereocenters. The van der Waals surface area contributed by atoms with E-state index in [9.17, 15) is 24.6 Å². The van der Waals surface area contributed by atoms with Gasteiger partial charge in [-0.05, 0) is 148 Å². The first kappa shape index (κ1) is 39.6. The Hall–Kier alpha value is -3.13. The monoisotopic (exact) mass is 732 g/mol. The van der Waals surface area contributed by atoms with E-state index >= 15 is 0 Å². The summed E-state index contributed by atoms with van der Waals surface area (Å²) in [4.78, 5) is 38.0. The van der Waals surface area contributed by atoms with Gasteiger partial charge in [0.15, 0.2) is 6.10 Å². The zero-order valence-corrected chi connectivity index (χ0v) is 33.2. The van der Waals surface area contributed by atoms with E-state index in [1.54, 1.807) is 37.3 Å². The number of fused-ring (bicyclic) bond motifs is 7. The number of benzene rings is 1. The van der Waals surface area contributed by atoms with Crippen LogP contribution in [0, 0.1) is 56.7 Å². The third-order valence-electron chi connectivity index (χ3n) is 16.2. The van der Waals surface area contributed by atoms with Crippen molar-refractivity contribution < 1.29 is 38.8 Å². The number of aromatic hydroxyl groups is 1. The smallest absolute Gasteiger partial charge is 0.335 e. The second-order valence-corrected chi connectivity index (χ2v) is 18.9. The van der Waals surface area contributed by atoms with Crippen molar-refractivity contribution in [3.8, 4) is 5.75 Å². The molecule has 1 aromatic rings. The minimum absolute atomic E-state index is 0.107. The Bertz CT molecular complexity index is 1600. The van der Waals surface area contributed by atoms with E-state index in [4.69, 9.17) is 14.2 Å². The zero-order chi connectivity index (χ0) is 38.6. The summed E-state index contributed by atoms with van der Waals surface area (Å²) in [5.74, 6) is 0.691. The average Bonchev–Trinajstić information content (AvgIpc) is 3.49. The first-order chi connectivity index (χ1) is 24.9. The fourth-order valence-electron chi connectivity index (χ4n) is 13.4. The van der Waals surface area contributed by atoms with Crippen molar-refractivity contribution in [1.29, 1.82) is 0 Å². The number of ether oxygens (including phenoxy) is 3. The first-order valence-corrected chi connectivity index (χ1v) is 20.3. The van der Waals surface area contributed by atoms with Crippen molar-refractivity contribution in [2.45, 2.75) is 131 Å². The molecule has 5 saturated carbocycles. The largest absolute Gasteiger partial charge is 0.508 e. The van der Waals surface area contributed by atoms with E-state index in [-0.39, 0.29) is 58.1 Å². The summed E-state index contributed by atoms with van der Waals surface area (Å²) in [6, 6.07) is 6.77. The van der Waals surface area contributed by atoms with Gasteiger partial charge in [-0.1, -0.05) is 58.9 Å². The molecule has 2 N–H and O–H groups in total. The van der Waals surface area contributed by atoms with Gasteiger partial charge >= 0.3 is 17.9 Å². The summed E-state index contributed by atoms with van der Waals surface area (Å²) in [7, 11) is 0. The highest BCUT2D eigenvalue weighted by atomic mass is 16.6. The van der Waals surface area contributed by atoms with Crippen LogP contribution in [0.3, 0.4) is 0 Å². The van der Waals surface area contributed by atoms with Gasteiger partial charge in [-0.25, -0.2) is 9.59 Å². The highest BCUT2D eigenvalue weighted by molar-refractivity contribution is 5.87. The topological polar surface area (TPSA) is 119 Å². The second-order valence-electron chi connectivity index (χ2n) is 18.9. The number of allylic oxidation sites excluding steroid dienone is 1. The van der Waals surface area contributed by atoms with Crippen LogP contribution in [0.5, 0.6) is 5.75 Å². The molecule has 11 atom stereocenters. The molecule has 0 spiro atoms. The van der Waals surface area contributed by atoms with Crippen molar-refractivity contribution >= 4 is 24.0 Å². The molecule has 0 amide bonds. The van der Waals surface area contributed by atoms with Gasteiger partial charge in [0.1, 0.15) is 11.9 Å². The van der Waals surface area contributed by atoms with Gasteiger partial charge in [0.2, 0.25) is 0 Å². The number of hydrogen-bond donors (Lipinski definition) is 2. The van der Waals surface area contributed by atoms with Gasteiger partial charge in [-0.2, -0.15) is 0 Å². The Kier molecular flexibility index (Phi) is 10.8. The third-order valence-corrected chi connectivity index (χ3v) is 16.2. The summed E-state index contributed by atoms with van der Waals surface area (Å²) in [5.41, 5.74) is 2.07. The molecule has 8 nitrogen and oxygen atoms in total. The maximum Gasteiger partial charge on any atom is 0.335 e. The van der Waals surface area contributed by atoms with Gasteiger partial charge in [-0.3, -0.25) is 4.79 Å². The number of rotatable bonds is 10. The highest BCUT2D eigenvalue weighted by Crippen LogP contribution is 2.77. The van der Waals surface area contributed by atoms with Crippen LogP contribution in [0.4, 0.5) is 0 Å². The molecule has 0 heterocycles. The lowest BCUT2D eigenvalue weighted by molar-refractivity contribution is -0.251. The van der Waals surface area contributed by atoms with Crippen molar-refractivity contribution in [3.05, 3.63) is 48.1 Å². The molecule has 292 valence electrons. The van der Waals surface area contributed by atoms with Crippen LogP contribution in [0.25, 0.3) is 6.08 Å². The quantitative estimate of drug-likeness (QED) is 0.106. The molecule has 0 saturated heterocycles. The molecule has 6 rings (SSSR count). The normalized spacial score (nSPS) is 39.1. The molecule has 1 aromatic carbocycles. The van der Waals surface area contributed by atoms with Crippen LogP contribution >= 0.6 is 0 Å². The molecule has 5 aliphatic rings. The van der Waals surface area contributed by atoms with Gasteiger partial charge in [-0.15, -0.1) is 0 Å². The molecule has 53 heavy (non-hydrogen) atoms. The van der Waals surface area contributed by atoms with E-state index in [0.29, 0.717) is 29.6 Å². The number of hydrogen-bond acceptors (Lipinski definition) is 8. The van der Waals surface area contributed by atoms with Crippen LogP contribution in [0.1, 0.15) is 125 Å². The van der Waals surface area contributed by atoms with E-state index in [1.807, 2.05) is 0 Å². The highest BCUT2D eigenvalue weighted by Gasteiger charge is 2.71.